The van der Waals surface area contributed by atoms with Crippen LogP contribution in [0.5, 0.6) is 0 Å². The molecule has 0 aromatic rings. The Morgan fingerprint density at radius 3 is 1.67 bits per heavy atom. The largest absolute Gasteiger partial charge is 0.251 e. The van der Waals surface area contributed by atoms with Crippen LogP contribution in [-0.2, 0) is 0 Å². The zero-order valence-corrected chi connectivity index (χ0v) is 10.1. The van der Waals surface area contributed by atoms with Gasteiger partial charge in [-0.05, 0) is 31.6 Å². The molecule has 0 saturated heterocycles. The molecule has 0 bridgehead atoms. The summed E-state index contributed by atoms with van der Waals surface area (Å²) in [7, 11) is 0. The van der Waals surface area contributed by atoms with E-state index in [0.717, 1.165) is 5.92 Å². The first-order chi connectivity index (χ1) is 7.31. The van der Waals surface area contributed by atoms with E-state index < -0.39 is 0 Å². The Kier molecular flexibility index (Phi) is 4.07. The van der Waals surface area contributed by atoms with Crippen LogP contribution in [0.25, 0.3) is 0 Å². The lowest BCUT2D eigenvalue weighted by molar-refractivity contribution is 0.206. The molecular weight excluding hydrogens is 182 g/mol. The van der Waals surface area contributed by atoms with Crippen molar-refractivity contribution in [2.45, 2.75) is 82.6 Å². The Morgan fingerprint density at radius 1 is 0.667 bits per heavy atom. The van der Waals surface area contributed by atoms with E-state index in [2.05, 4.69) is 0 Å². The van der Waals surface area contributed by atoms with Gasteiger partial charge in [0.1, 0.15) is 0 Å². The van der Waals surface area contributed by atoms with Crippen LogP contribution in [0.4, 0.5) is 0 Å². The minimum atomic E-state index is -0.0269. The van der Waals surface area contributed by atoms with Gasteiger partial charge in [0.15, 0.2) is 0 Å². The van der Waals surface area contributed by atoms with Crippen LogP contribution in [0.1, 0.15) is 77.0 Å². The molecule has 0 heterocycles. The summed E-state index contributed by atoms with van der Waals surface area (Å²) >= 11 is 0. The summed E-state index contributed by atoms with van der Waals surface area (Å²) in [6.07, 6.45) is 16.1. The molecular formula is C14H26N. The summed E-state index contributed by atoms with van der Waals surface area (Å²) in [5.74, 6) is 0.734. The summed E-state index contributed by atoms with van der Waals surface area (Å²) in [6, 6.07) is 0. The fourth-order valence-electron chi connectivity index (χ4n) is 3.60. The minimum Gasteiger partial charge on any atom is -0.251 e. The third-order valence-corrected chi connectivity index (χ3v) is 4.63. The van der Waals surface area contributed by atoms with Crippen LogP contribution in [0.3, 0.4) is 0 Å². The summed E-state index contributed by atoms with van der Waals surface area (Å²) < 4.78 is 0. The van der Waals surface area contributed by atoms with Gasteiger partial charge in [0.25, 0.3) is 0 Å². The van der Waals surface area contributed by atoms with E-state index in [-0.39, 0.29) is 5.54 Å². The van der Waals surface area contributed by atoms with Crippen molar-refractivity contribution in [1.82, 2.24) is 5.73 Å². The Morgan fingerprint density at radius 2 is 1.13 bits per heavy atom. The van der Waals surface area contributed by atoms with Gasteiger partial charge >= 0.3 is 0 Å². The van der Waals surface area contributed by atoms with Gasteiger partial charge in [-0.1, -0.05) is 51.4 Å². The highest BCUT2D eigenvalue weighted by molar-refractivity contribution is 4.92. The number of nitrogens with one attached hydrogen (secondary N) is 1. The minimum absolute atomic E-state index is 0.0269. The molecule has 0 aliphatic heterocycles. The molecule has 2 aliphatic rings. The van der Waals surface area contributed by atoms with E-state index in [9.17, 15) is 0 Å². The average molecular weight is 208 g/mol. The predicted molar refractivity (Wildman–Crippen MR) is 64.7 cm³/mol. The second-order valence-electron chi connectivity index (χ2n) is 5.76. The fraction of sp³-hybridized carbons (Fsp3) is 1.00. The molecule has 2 saturated carbocycles. The van der Waals surface area contributed by atoms with Gasteiger partial charge in [-0.3, -0.25) is 5.73 Å². The Labute approximate surface area is 94.8 Å². The first kappa shape index (κ1) is 11.4. The summed E-state index contributed by atoms with van der Waals surface area (Å²) in [4.78, 5) is 0. The SMILES string of the molecule is [NH]C1(C2CCCCCC2)CCCCCC1. The lowest BCUT2D eigenvalue weighted by atomic mass is 9.75. The first-order valence-electron chi connectivity index (χ1n) is 7.06. The summed E-state index contributed by atoms with van der Waals surface area (Å²) in [6.45, 7) is 0. The monoisotopic (exact) mass is 208 g/mol. The molecule has 0 spiro atoms. The van der Waals surface area contributed by atoms with Gasteiger partial charge in [0, 0.05) is 5.54 Å². The van der Waals surface area contributed by atoms with Crippen molar-refractivity contribution < 1.29 is 0 Å². The number of rotatable bonds is 1. The van der Waals surface area contributed by atoms with Crippen molar-refractivity contribution in [3.63, 3.8) is 0 Å². The van der Waals surface area contributed by atoms with Gasteiger partial charge < -0.3 is 0 Å². The molecule has 2 rings (SSSR count). The van der Waals surface area contributed by atoms with Crippen molar-refractivity contribution in [2.75, 3.05) is 0 Å². The van der Waals surface area contributed by atoms with Crippen LogP contribution in [-0.4, -0.2) is 5.54 Å². The van der Waals surface area contributed by atoms with Crippen LogP contribution in [0, 0.1) is 5.92 Å². The third kappa shape index (κ3) is 2.96. The van der Waals surface area contributed by atoms with Gasteiger partial charge in [-0.25, -0.2) is 0 Å². The molecule has 1 nitrogen and oxygen atoms in total. The third-order valence-electron chi connectivity index (χ3n) is 4.63. The lowest BCUT2D eigenvalue weighted by Gasteiger charge is -2.35. The normalized spacial score (nSPS) is 29.4. The summed E-state index contributed by atoms with van der Waals surface area (Å²) in [5, 5.41) is 0. The predicted octanol–water partition coefficient (Wildman–Crippen LogP) is 4.33. The van der Waals surface area contributed by atoms with Crippen molar-refractivity contribution in [2.24, 2.45) is 5.92 Å². The maximum absolute atomic E-state index is 8.75. The van der Waals surface area contributed by atoms with Crippen LogP contribution in [0.2, 0.25) is 0 Å². The maximum atomic E-state index is 8.75. The topological polar surface area (TPSA) is 23.8 Å². The molecule has 87 valence electrons. The molecule has 2 aliphatic carbocycles. The van der Waals surface area contributed by atoms with E-state index in [1.54, 1.807) is 0 Å². The molecule has 1 heteroatoms. The molecule has 0 aromatic heterocycles. The number of hydrogen-bond donors (Lipinski definition) is 0. The highest BCUT2D eigenvalue weighted by Gasteiger charge is 2.35. The quantitative estimate of drug-likeness (QED) is 0.573. The Balaban J connectivity index is 1.97. The van der Waals surface area contributed by atoms with Gasteiger partial charge in [-0.15, -0.1) is 0 Å². The molecule has 0 unspecified atom stereocenters. The molecule has 0 aromatic carbocycles. The Bertz CT molecular complexity index is 172. The van der Waals surface area contributed by atoms with Crippen LogP contribution in [0.15, 0.2) is 0 Å². The zero-order chi connectivity index (χ0) is 10.6. The van der Waals surface area contributed by atoms with E-state index in [1.165, 1.54) is 77.0 Å². The second kappa shape index (κ2) is 5.34. The van der Waals surface area contributed by atoms with Crippen molar-refractivity contribution in [1.29, 1.82) is 0 Å². The van der Waals surface area contributed by atoms with Crippen LogP contribution < -0.4 is 5.73 Å². The fourth-order valence-corrected chi connectivity index (χ4v) is 3.60. The molecule has 2 fully saturated rings. The van der Waals surface area contributed by atoms with E-state index >= 15 is 0 Å². The summed E-state index contributed by atoms with van der Waals surface area (Å²) in [5.41, 5.74) is 8.73. The van der Waals surface area contributed by atoms with Crippen molar-refractivity contribution in [3.05, 3.63) is 0 Å². The maximum Gasteiger partial charge on any atom is 0.0352 e. The van der Waals surface area contributed by atoms with E-state index in [4.69, 9.17) is 5.73 Å². The van der Waals surface area contributed by atoms with Gasteiger partial charge in [0.2, 0.25) is 0 Å². The molecule has 1 radical (unpaired) electrons. The van der Waals surface area contributed by atoms with Gasteiger partial charge in [-0.2, -0.15) is 0 Å². The van der Waals surface area contributed by atoms with E-state index in [1.807, 2.05) is 0 Å². The standard InChI is InChI=1S/C14H26N/c15-14(11-7-3-4-8-12-14)13-9-5-1-2-6-10-13/h13,15H,1-12H2. The smallest absolute Gasteiger partial charge is 0.0352 e. The average Bonchev–Trinajstić information content (AvgIpc) is 2.60. The molecule has 1 N–H and O–H groups in total. The molecule has 15 heavy (non-hydrogen) atoms. The second-order valence-corrected chi connectivity index (χ2v) is 5.76. The highest BCUT2D eigenvalue weighted by Crippen LogP contribution is 2.39. The highest BCUT2D eigenvalue weighted by atomic mass is 14.8. The van der Waals surface area contributed by atoms with E-state index in [0.29, 0.717) is 0 Å². The van der Waals surface area contributed by atoms with Gasteiger partial charge in [0.05, 0.1) is 0 Å². The zero-order valence-electron chi connectivity index (χ0n) is 10.1. The van der Waals surface area contributed by atoms with Crippen molar-refractivity contribution in [3.8, 4) is 0 Å². The Hall–Kier alpha value is -0.0400. The molecule has 0 amide bonds. The van der Waals surface area contributed by atoms with Crippen molar-refractivity contribution >= 4 is 0 Å². The number of hydrogen-bond acceptors (Lipinski definition) is 0. The lowest BCUT2D eigenvalue weighted by Crippen LogP contribution is -2.39. The molecule has 0 atom stereocenters. The van der Waals surface area contributed by atoms with Crippen LogP contribution >= 0.6 is 0 Å². The first-order valence-corrected chi connectivity index (χ1v) is 7.06.